The lowest BCUT2D eigenvalue weighted by Gasteiger charge is -2.27. The van der Waals surface area contributed by atoms with E-state index in [0.717, 1.165) is 6.92 Å². The van der Waals surface area contributed by atoms with Gasteiger partial charge in [-0.2, -0.15) is 0 Å². The lowest BCUT2D eigenvalue weighted by atomic mass is 10.0. The van der Waals surface area contributed by atoms with Crippen molar-refractivity contribution in [3.05, 3.63) is 0 Å². The molecule has 0 aliphatic carbocycles. The number of aliphatic hydroxyl groups is 1. The molecule has 72 heavy (non-hydrogen) atoms. The van der Waals surface area contributed by atoms with Crippen molar-refractivity contribution in [1.82, 2.24) is 47.9 Å². The number of nitrogens with two attached hydrogens (primary N) is 2. The van der Waals surface area contributed by atoms with Crippen LogP contribution in [0.25, 0.3) is 0 Å². The van der Waals surface area contributed by atoms with Crippen LogP contribution in [0.15, 0.2) is 0 Å². The van der Waals surface area contributed by atoms with Crippen molar-refractivity contribution in [2.45, 2.75) is 159 Å². The summed E-state index contributed by atoms with van der Waals surface area (Å²) in [4.78, 5) is 179. The summed E-state index contributed by atoms with van der Waals surface area (Å²) in [6, 6.07) is -13.6. The summed E-state index contributed by atoms with van der Waals surface area (Å²) in [6.45, 7) is 3.30. The Morgan fingerprint density at radius 1 is 0.514 bits per heavy atom. The van der Waals surface area contributed by atoms with Crippen LogP contribution in [0.1, 0.15) is 104 Å². The fraction of sp³-hybridized carbons (Fsp3) is 0.667. The van der Waals surface area contributed by atoms with Crippen LogP contribution in [0.3, 0.4) is 0 Å². The van der Waals surface area contributed by atoms with E-state index in [1.807, 2.05) is 0 Å². The van der Waals surface area contributed by atoms with Gasteiger partial charge < -0.3 is 84.9 Å². The van der Waals surface area contributed by atoms with Gasteiger partial charge in [0.25, 0.3) is 0 Å². The quantitative estimate of drug-likeness (QED) is 0.0645. The summed E-state index contributed by atoms with van der Waals surface area (Å²) < 4.78 is 0. The number of aliphatic carboxylic acids is 4. The third-order valence-electron chi connectivity index (χ3n) is 10.6. The largest absolute Gasteiger partial charge is 0.481 e. The van der Waals surface area contributed by atoms with Crippen molar-refractivity contribution in [3.8, 4) is 0 Å². The second-order valence-corrected chi connectivity index (χ2v) is 17.3. The molecule has 30 heteroatoms. The summed E-state index contributed by atoms with van der Waals surface area (Å²) in [7, 11) is 0. The van der Waals surface area contributed by atoms with Crippen LogP contribution < -0.4 is 59.3 Å². The number of carbonyl (C=O) groups excluding carboxylic acids is 10. The van der Waals surface area contributed by atoms with E-state index in [2.05, 4.69) is 47.9 Å². The van der Waals surface area contributed by atoms with Crippen LogP contribution in [0.5, 0.6) is 0 Å². The maximum Gasteiger partial charge on any atom is 0.305 e. The Kier molecular flexibility index (Phi) is 27.5. The van der Waals surface area contributed by atoms with Gasteiger partial charge in [-0.1, -0.05) is 13.8 Å². The van der Waals surface area contributed by atoms with Crippen LogP contribution in [0.4, 0.5) is 0 Å². The highest BCUT2D eigenvalue weighted by Crippen LogP contribution is 2.11. The van der Waals surface area contributed by atoms with Crippen LogP contribution in [-0.2, 0) is 67.1 Å². The van der Waals surface area contributed by atoms with E-state index >= 15 is 0 Å². The number of carboxylic acids is 4. The average Bonchev–Trinajstić information content (AvgIpc) is 3.27. The predicted octanol–water partition coefficient (Wildman–Crippen LogP) is -6.11. The zero-order valence-corrected chi connectivity index (χ0v) is 40.0. The average molecular weight is 1030 g/mol. The van der Waals surface area contributed by atoms with E-state index in [4.69, 9.17) is 11.5 Å². The molecule has 1 saturated heterocycles. The highest BCUT2D eigenvalue weighted by molar-refractivity contribution is 5.99. The molecule has 0 saturated carbocycles. The van der Waals surface area contributed by atoms with Crippen LogP contribution >= 0.6 is 0 Å². The van der Waals surface area contributed by atoms with Crippen LogP contribution in [0, 0.1) is 5.92 Å². The van der Waals surface area contributed by atoms with E-state index in [-0.39, 0.29) is 44.6 Å². The topological polar surface area (TPSA) is 500 Å². The maximum atomic E-state index is 13.7. The number of nitrogens with one attached hydrogen (secondary N) is 9. The van der Waals surface area contributed by atoms with Crippen molar-refractivity contribution in [2.75, 3.05) is 13.1 Å². The minimum Gasteiger partial charge on any atom is -0.481 e. The number of hydrogen-bond donors (Lipinski definition) is 16. The van der Waals surface area contributed by atoms with Gasteiger partial charge in [-0.15, -0.1) is 0 Å². The summed E-state index contributed by atoms with van der Waals surface area (Å²) in [6.07, 6.45) is -7.71. The molecular weight excluding hydrogens is 963 g/mol. The molecule has 1 aliphatic heterocycles. The normalized spacial score (nSPS) is 24.9. The molecule has 404 valence electrons. The predicted molar refractivity (Wildman–Crippen MR) is 244 cm³/mol. The van der Waals surface area contributed by atoms with Gasteiger partial charge in [0, 0.05) is 32.2 Å². The minimum absolute atomic E-state index is 0.0205. The molecule has 10 amide bonds. The molecule has 0 radical (unpaired) electrons. The Labute approximate surface area is 412 Å². The molecular formula is C42H67N11O19. The molecule has 1 heterocycles. The first-order valence-corrected chi connectivity index (χ1v) is 22.9. The number of primary amides is 1. The van der Waals surface area contributed by atoms with Crippen molar-refractivity contribution >= 4 is 82.9 Å². The third-order valence-corrected chi connectivity index (χ3v) is 10.6. The Balaban J connectivity index is 3.80. The fourth-order valence-electron chi connectivity index (χ4n) is 6.76. The molecule has 9 atom stereocenters. The van der Waals surface area contributed by atoms with E-state index in [9.17, 15) is 92.7 Å². The lowest BCUT2D eigenvalue weighted by Crippen LogP contribution is -2.61. The van der Waals surface area contributed by atoms with E-state index < -0.39 is 195 Å². The molecule has 0 bridgehead atoms. The Hall–Kier alpha value is -7.50. The van der Waals surface area contributed by atoms with Crippen molar-refractivity contribution < 1.29 is 92.7 Å². The molecule has 30 nitrogen and oxygen atoms in total. The molecule has 18 N–H and O–H groups in total. The molecule has 1 aliphatic rings. The number of carboxylic acid groups (broad SMARTS) is 4. The summed E-state index contributed by atoms with van der Waals surface area (Å²) in [5.41, 5.74) is 11.4. The molecule has 0 aromatic carbocycles. The Morgan fingerprint density at radius 2 is 0.931 bits per heavy atom. The van der Waals surface area contributed by atoms with Gasteiger partial charge in [-0.05, 0) is 64.2 Å². The van der Waals surface area contributed by atoms with Gasteiger partial charge in [0.15, 0.2) is 0 Å². The van der Waals surface area contributed by atoms with Crippen molar-refractivity contribution in [2.24, 2.45) is 17.4 Å². The lowest BCUT2D eigenvalue weighted by molar-refractivity contribution is -0.142. The van der Waals surface area contributed by atoms with E-state index in [1.165, 1.54) is 0 Å². The van der Waals surface area contributed by atoms with Crippen molar-refractivity contribution in [1.29, 1.82) is 0 Å². The summed E-state index contributed by atoms with van der Waals surface area (Å²) in [5.74, 6) is -17.4. The first-order chi connectivity index (χ1) is 33.6. The molecule has 0 spiro atoms. The molecule has 1 rings (SSSR count). The fourth-order valence-corrected chi connectivity index (χ4v) is 6.76. The van der Waals surface area contributed by atoms with Gasteiger partial charge in [0.2, 0.25) is 59.1 Å². The third kappa shape index (κ3) is 24.9. The Bertz CT molecular complexity index is 2000. The smallest absolute Gasteiger partial charge is 0.305 e. The molecule has 0 aromatic rings. The second-order valence-electron chi connectivity index (χ2n) is 17.3. The highest BCUT2D eigenvalue weighted by Gasteiger charge is 2.36. The molecule has 0 aromatic heterocycles. The number of rotatable bonds is 17. The Morgan fingerprint density at radius 3 is 1.39 bits per heavy atom. The van der Waals surface area contributed by atoms with Gasteiger partial charge in [-0.3, -0.25) is 67.1 Å². The van der Waals surface area contributed by atoms with Gasteiger partial charge in [0.1, 0.15) is 42.3 Å². The first kappa shape index (κ1) is 62.5. The highest BCUT2D eigenvalue weighted by atomic mass is 16.4. The van der Waals surface area contributed by atoms with Gasteiger partial charge >= 0.3 is 23.9 Å². The van der Waals surface area contributed by atoms with Gasteiger partial charge in [-0.25, -0.2) is 0 Å². The maximum absolute atomic E-state index is 13.7. The molecule has 1 fully saturated rings. The summed E-state index contributed by atoms with van der Waals surface area (Å²) >= 11 is 0. The zero-order valence-electron chi connectivity index (χ0n) is 40.0. The second kappa shape index (κ2) is 31.7. The number of aliphatic hydroxyl groups excluding tert-OH is 1. The first-order valence-electron chi connectivity index (χ1n) is 22.9. The monoisotopic (exact) mass is 1030 g/mol. The SMILES string of the molecule is CC(C)C[C@H]1NC(=O)[C@@H](N)CCCCNC(=O)[C@H](CCC(N)=O)NC(=O)[C@@H](CCC(=O)O)NC(=O)CNC(=O)[C@@H]([C@@H](C)O)NC(=O)[C@@H](CCC(=O)O)NC(=O)[C@@H](CCC(=O)O)NC(=O)[C@@H](CC(=O)O)NC1=O. The summed E-state index contributed by atoms with van der Waals surface area (Å²) in [5, 5.41) is 68.5. The molecule has 0 unspecified atom stereocenters. The number of carbonyl (C=O) groups is 14. The van der Waals surface area contributed by atoms with E-state index in [1.54, 1.807) is 13.8 Å². The number of amides is 10. The van der Waals surface area contributed by atoms with E-state index in [0.29, 0.717) is 0 Å². The van der Waals surface area contributed by atoms with Crippen LogP contribution in [0.2, 0.25) is 0 Å². The van der Waals surface area contributed by atoms with Gasteiger partial charge in [0.05, 0.1) is 25.1 Å². The van der Waals surface area contributed by atoms with Crippen molar-refractivity contribution in [3.63, 3.8) is 0 Å². The van der Waals surface area contributed by atoms with Crippen LogP contribution in [-0.4, -0.2) is 176 Å². The minimum atomic E-state index is -1.98. The number of hydrogen-bond acceptors (Lipinski definition) is 16. The zero-order chi connectivity index (χ0) is 54.8. The standard InChI is InChI=1S/C42H67N11O19/c1-19(2)16-26-40(70)52-27(17-33(63)64)41(71)50-24(9-13-31(59)60)38(68)49-25(10-14-32(61)62)39(69)53-34(20(3)54)42(72)46-18-29(56)47-23(8-12-30(57)58)37(67)48-22(7-11-28(44)55)36(66)45-15-5-4-6-21(43)35(65)51-26/h19-27,34,54H,4-18,43H2,1-3H3,(H2,44,55)(H,45,66)(H,46,72)(H,47,56)(H,48,67)(H,49,68)(H,50,71)(H,51,65)(H,52,70)(H,53,69)(H,57,58)(H,59,60)(H,61,62)(H,63,64)/t20-,21+,22+,23-,24-,25-,26-,27-,34-/m1/s1.